The van der Waals surface area contributed by atoms with Crippen LogP contribution < -0.4 is 14.4 Å². The van der Waals surface area contributed by atoms with Crippen LogP contribution in [-0.2, 0) is 11.3 Å². The Bertz CT molecular complexity index is 949. The minimum Gasteiger partial charge on any atom is -0.490 e. The van der Waals surface area contributed by atoms with Crippen molar-refractivity contribution in [1.29, 1.82) is 0 Å². The molecule has 2 aromatic carbocycles. The van der Waals surface area contributed by atoms with Crippen molar-refractivity contribution in [3.63, 3.8) is 0 Å². The van der Waals surface area contributed by atoms with E-state index in [1.54, 1.807) is 11.3 Å². The summed E-state index contributed by atoms with van der Waals surface area (Å²) in [4.78, 5) is 20.7. The third-order valence-corrected chi connectivity index (χ3v) is 6.26. The van der Waals surface area contributed by atoms with E-state index in [1.165, 1.54) is 9.60 Å². The molecule has 1 aromatic heterocycles. The molecule has 0 spiro atoms. The normalized spacial score (nSPS) is 14.8. The number of aromatic nitrogens is 1. The summed E-state index contributed by atoms with van der Waals surface area (Å²) in [6.45, 7) is 7.00. The van der Waals surface area contributed by atoms with Crippen LogP contribution in [-0.4, -0.2) is 55.2 Å². The van der Waals surface area contributed by atoms with E-state index in [1.807, 2.05) is 35.2 Å². The summed E-state index contributed by atoms with van der Waals surface area (Å²) < 4.78 is 12.7. The predicted molar refractivity (Wildman–Crippen MR) is 118 cm³/mol. The zero-order valence-electron chi connectivity index (χ0n) is 17.3. The molecule has 7 heteroatoms. The van der Waals surface area contributed by atoms with Gasteiger partial charge in [-0.05, 0) is 30.7 Å². The van der Waals surface area contributed by atoms with Gasteiger partial charge < -0.3 is 19.3 Å². The number of fused-ring (bicyclic) bond motifs is 1. The highest BCUT2D eigenvalue weighted by Gasteiger charge is 2.25. The maximum Gasteiger partial charge on any atom is 0.260 e. The Morgan fingerprint density at radius 1 is 1.07 bits per heavy atom. The first-order valence-electron chi connectivity index (χ1n) is 10.5. The Hall–Kier alpha value is -2.64. The topological polar surface area (TPSA) is 56.1 Å². The molecule has 2 heterocycles. The lowest BCUT2D eigenvalue weighted by molar-refractivity contribution is -0.917. The minimum absolute atomic E-state index is 0.0272. The highest BCUT2D eigenvalue weighted by molar-refractivity contribution is 7.18. The van der Waals surface area contributed by atoms with Gasteiger partial charge in [0.1, 0.15) is 11.6 Å². The Balaban J connectivity index is 1.25. The summed E-state index contributed by atoms with van der Waals surface area (Å²) in [5.74, 6) is 1.34. The molecule has 0 radical (unpaired) electrons. The molecule has 3 aromatic rings. The molecule has 1 aliphatic heterocycles. The SMILES string of the molecule is CCCOc1ccccc1OCC(=O)N1CC[NH+](Cc2nc3ccccc3s2)CC1. The standard InChI is InChI=1S/C23H27N3O3S/c1-2-15-28-19-8-4-5-9-20(19)29-17-23(27)26-13-11-25(12-14-26)16-22-24-18-7-3-6-10-21(18)30-22/h3-10H,2,11-17H2,1H3/p+1. The van der Waals surface area contributed by atoms with Gasteiger partial charge in [0.15, 0.2) is 18.1 Å². The van der Waals surface area contributed by atoms with Gasteiger partial charge in [-0.15, -0.1) is 11.3 Å². The van der Waals surface area contributed by atoms with Crippen LogP contribution in [0.15, 0.2) is 48.5 Å². The van der Waals surface area contributed by atoms with Gasteiger partial charge in [0.25, 0.3) is 5.91 Å². The van der Waals surface area contributed by atoms with Crippen LogP contribution in [0, 0.1) is 0 Å². The molecule has 4 rings (SSSR count). The Labute approximate surface area is 181 Å². The Morgan fingerprint density at radius 2 is 1.77 bits per heavy atom. The van der Waals surface area contributed by atoms with E-state index in [0.717, 1.165) is 49.7 Å². The molecule has 158 valence electrons. The summed E-state index contributed by atoms with van der Waals surface area (Å²) in [6.07, 6.45) is 0.927. The molecule has 1 N–H and O–H groups in total. The summed E-state index contributed by atoms with van der Waals surface area (Å²) in [6, 6.07) is 15.8. The van der Waals surface area contributed by atoms with Gasteiger partial charge in [0.05, 0.1) is 43.0 Å². The zero-order valence-corrected chi connectivity index (χ0v) is 18.1. The number of benzene rings is 2. The quantitative estimate of drug-likeness (QED) is 0.601. The first kappa shape index (κ1) is 20.6. The van der Waals surface area contributed by atoms with E-state index in [4.69, 9.17) is 14.5 Å². The lowest BCUT2D eigenvalue weighted by atomic mass is 10.3. The number of piperazine rings is 1. The average molecular weight is 427 g/mol. The van der Waals surface area contributed by atoms with E-state index >= 15 is 0 Å². The average Bonchev–Trinajstić information content (AvgIpc) is 3.19. The number of carbonyl (C=O) groups excluding carboxylic acids is 1. The number of carbonyl (C=O) groups is 1. The predicted octanol–water partition coefficient (Wildman–Crippen LogP) is 2.39. The largest absolute Gasteiger partial charge is 0.490 e. The molecule has 30 heavy (non-hydrogen) atoms. The van der Waals surface area contributed by atoms with E-state index in [9.17, 15) is 4.79 Å². The molecule has 1 fully saturated rings. The van der Waals surface area contributed by atoms with Crippen LogP contribution in [0.3, 0.4) is 0 Å². The fourth-order valence-corrected chi connectivity index (χ4v) is 4.63. The summed E-state index contributed by atoms with van der Waals surface area (Å²) in [5, 5.41) is 1.16. The van der Waals surface area contributed by atoms with Crippen LogP contribution in [0.1, 0.15) is 18.4 Å². The second-order valence-electron chi connectivity index (χ2n) is 7.47. The number of rotatable bonds is 8. The maximum atomic E-state index is 12.6. The number of ether oxygens (including phenoxy) is 2. The monoisotopic (exact) mass is 426 g/mol. The van der Waals surface area contributed by atoms with E-state index < -0.39 is 0 Å². The maximum absolute atomic E-state index is 12.6. The second-order valence-corrected chi connectivity index (χ2v) is 8.58. The van der Waals surface area contributed by atoms with E-state index in [0.29, 0.717) is 18.1 Å². The van der Waals surface area contributed by atoms with Crippen molar-refractivity contribution in [3.8, 4) is 11.5 Å². The number of hydrogen-bond donors (Lipinski definition) is 1. The van der Waals surface area contributed by atoms with Crippen molar-refractivity contribution in [2.45, 2.75) is 19.9 Å². The Kier molecular flexibility index (Phi) is 6.81. The van der Waals surface area contributed by atoms with Gasteiger partial charge in [-0.2, -0.15) is 0 Å². The van der Waals surface area contributed by atoms with Crippen LogP contribution in [0.2, 0.25) is 0 Å². The van der Waals surface area contributed by atoms with Crippen molar-refractivity contribution < 1.29 is 19.2 Å². The van der Waals surface area contributed by atoms with Crippen molar-refractivity contribution in [2.75, 3.05) is 39.4 Å². The number of quaternary nitrogens is 1. The van der Waals surface area contributed by atoms with Gasteiger partial charge in [-0.3, -0.25) is 4.79 Å². The molecular formula is C23H28N3O3S+. The van der Waals surface area contributed by atoms with Crippen LogP contribution in [0.4, 0.5) is 0 Å². The molecule has 0 aliphatic carbocycles. The number of amides is 1. The smallest absolute Gasteiger partial charge is 0.260 e. The first-order chi connectivity index (χ1) is 14.7. The van der Waals surface area contributed by atoms with Crippen molar-refractivity contribution in [3.05, 3.63) is 53.5 Å². The highest BCUT2D eigenvalue weighted by Crippen LogP contribution is 2.26. The number of nitrogens with zero attached hydrogens (tertiary/aromatic N) is 2. The van der Waals surface area contributed by atoms with Crippen LogP contribution >= 0.6 is 11.3 Å². The van der Waals surface area contributed by atoms with Crippen LogP contribution in [0.5, 0.6) is 11.5 Å². The molecule has 1 amide bonds. The van der Waals surface area contributed by atoms with Gasteiger partial charge in [0, 0.05) is 0 Å². The van der Waals surface area contributed by atoms with Gasteiger partial charge in [0.2, 0.25) is 0 Å². The third kappa shape index (κ3) is 5.09. The summed E-state index contributed by atoms with van der Waals surface area (Å²) in [7, 11) is 0. The van der Waals surface area contributed by atoms with E-state index in [-0.39, 0.29) is 12.5 Å². The summed E-state index contributed by atoms with van der Waals surface area (Å²) >= 11 is 1.77. The van der Waals surface area contributed by atoms with Gasteiger partial charge in [-0.25, -0.2) is 4.98 Å². The molecule has 1 saturated heterocycles. The lowest BCUT2D eigenvalue weighted by Crippen LogP contribution is -3.13. The Morgan fingerprint density at radius 3 is 2.50 bits per heavy atom. The number of thiazole rings is 1. The van der Waals surface area contributed by atoms with E-state index in [2.05, 4.69) is 25.1 Å². The van der Waals surface area contributed by atoms with Crippen LogP contribution in [0.25, 0.3) is 10.2 Å². The van der Waals surface area contributed by atoms with Gasteiger partial charge in [-0.1, -0.05) is 31.2 Å². The molecule has 0 saturated carbocycles. The fourth-order valence-electron chi connectivity index (χ4n) is 3.59. The second kappa shape index (κ2) is 9.91. The molecule has 0 unspecified atom stereocenters. The highest BCUT2D eigenvalue weighted by atomic mass is 32.1. The van der Waals surface area contributed by atoms with Crippen molar-refractivity contribution in [1.82, 2.24) is 9.88 Å². The molecule has 1 aliphatic rings. The minimum atomic E-state index is 0.0272. The zero-order chi connectivity index (χ0) is 20.8. The fraction of sp³-hybridized carbons (Fsp3) is 0.391. The summed E-state index contributed by atoms with van der Waals surface area (Å²) in [5.41, 5.74) is 1.08. The number of para-hydroxylation sites is 3. The molecule has 0 bridgehead atoms. The first-order valence-corrected chi connectivity index (χ1v) is 11.3. The van der Waals surface area contributed by atoms with Gasteiger partial charge >= 0.3 is 0 Å². The molecule has 0 atom stereocenters. The van der Waals surface area contributed by atoms with Crippen molar-refractivity contribution in [2.24, 2.45) is 0 Å². The number of nitrogens with one attached hydrogen (secondary N) is 1. The number of hydrogen-bond acceptors (Lipinski definition) is 5. The third-order valence-electron chi connectivity index (χ3n) is 5.22. The lowest BCUT2D eigenvalue weighted by Gasteiger charge is -2.31. The van der Waals surface area contributed by atoms with Crippen molar-refractivity contribution >= 4 is 27.5 Å². The molecular weight excluding hydrogens is 398 g/mol. The molecule has 6 nitrogen and oxygen atoms in total.